The first-order valence-corrected chi connectivity index (χ1v) is 11.3. The molecule has 1 atom stereocenters. The number of aromatic nitrogens is 2. The average Bonchev–Trinajstić information content (AvgIpc) is 3.52. The highest BCUT2D eigenvalue weighted by Crippen LogP contribution is 2.34. The first-order chi connectivity index (χ1) is 14.7. The second kappa shape index (κ2) is 9.31. The lowest BCUT2D eigenvalue weighted by atomic mass is 10.0. The molecular formula is C20H21N5O3S2. The van der Waals surface area contributed by atoms with Crippen LogP contribution in [-0.4, -0.2) is 46.2 Å². The number of amides is 1. The summed E-state index contributed by atoms with van der Waals surface area (Å²) in [4.78, 5) is 13.0. The van der Waals surface area contributed by atoms with Gasteiger partial charge in [-0.15, -0.1) is 10.2 Å². The number of carbonyl (C=O) groups excluding carboxylic acids is 1. The summed E-state index contributed by atoms with van der Waals surface area (Å²) < 4.78 is 11.6. The Hall–Kier alpha value is -2.85. The molecule has 0 spiro atoms. The van der Waals surface area contributed by atoms with Gasteiger partial charge in [0, 0.05) is 13.0 Å². The molecule has 0 saturated heterocycles. The van der Waals surface area contributed by atoms with Gasteiger partial charge in [-0.2, -0.15) is 5.10 Å². The Morgan fingerprint density at radius 2 is 2.17 bits per heavy atom. The molecule has 4 rings (SSSR count). The molecule has 1 amide bonds. The first kappa shape index (κ1) is 20.4. The Morgan fingerprint density at radius 3 is 2.87 bits per heavy atom. The molecule has 2 aromatic heterocycles. The number of furan rings is 1. The molecule has 156 valence electrons. The van der Waals surface area contributed by atoms with Gasteiger partial charge in [0.25, 0.3) is 5.91 Å². The third-order valence-corrected chi connectivity index (χ3v) is 6.51. The lowest BCUT2D eigenvalue weighted by Crippen LogP contribution is -2.28. The summed E-state index contributed by atoms with van der Waals surface area (Å²) in [5, 5.41) is 18.2. The van der Waals surface area contributed by atoms with E-state index >= 15 is 0 Å². The number of thioether (sulfide) groups is 1. The lowest BCUT2D eigenvalue weighted by molar-refractivity contribution is -0.130. The molecule has 1 N–H and O–H groups in total. The van der Waals surface area contributed by atoms with Gasteiger partial charge in [0.1, 0.15) is 17.6 Å². The van der Waals surface area contributed by atoms with Gasteiger partial charge in [-0.1, -0.05) is 23.1 Å². The summed E-state index contributed by atoms with van der Waals surface area (Å²) in [7, 11) is 1.63. The van der Waals surface area contributed by atoms with Crippen molar-refractivity contribution in [1.29, 1.82) is 0 Å². The predicted octanol–water partition coefficient (Wildman–Crippen LogP) is 4.04. The van der Waals surface area contributed by atoms with Crippen LogP contribution in [0, 0.1) is 0 Å². The third kappa shape index (κ3) is 4.49. The van der Waals surface area contributed by atoms with Crippen LogP contribution in [0.4, 0.5) is 5.13 Å². The Kier molecular flexibility index (Phi) is 6.34. The zero-order valence-electron chi connectivity index (χ0n) is 16.6. The van der Waals surface area contributed by atoms with E-state index in [1.807, 2.05) is 43.3 Å². The molecule has 1 aliphatic heterocycles. The number of carbonyl (C=O) groups is 1. The first-order valence-electron chi connectivity index (χ1n) is 9.45. The molecular weight excluding hydrogens is 422 g/mol. The Balaban J connectivity index is 1.50. The molecule has 1 aromatic carbocycles. The zero-order valence-corrected chi connectivity index (χ0v) is 18.2. The van der Waals surface area contributed by atoms with Crippen LogP contribution in [-0.2, 0) is 4.79 Å². The van der Waals surface area contributed by atoms with Gasteiger partial charge in [0.15, 0.2) is 4.34 Å². The summed E-state index contributed by atoms with van der Waals surface area (Å²) in [6, 6.07) is 11.1. The van der Waals surface area contributed by atoms with Gasteiger partial charge in [-0.05, 0) is 48.9 Å². The van der Waals surface area contributed by atoms with Crippen LogP contribution in [0.3, 0.4) is 0 Å². The average molecular weight is 444 g/mol. The van der Waals surface area contributed by atoms with Crippen molar-refractivity contribution in [2.24, 2.45) is 5.10 Å². The fourth-order valence-electron chi connectivity index (χ4n) is 3.08. The molecule has 0 aliphatic carbocycles. The summed E-state index contributed by atoms with van der Waals surface area (Å²) in [5.74, 6) is 1.60. The van der Waals surface area contributed by atoms with Crippen molar-refractivity contribution in [1.82, 2.24) is 15.2 Å². The number of anilines is 1. The molecule has 3 aromatic rings. The topological polar surface area (TPSA) is 92.9 Å². The van der Waals surface area contributed by atoms with Crippen molar-refractivity contribution < 1.29 is 13.9 Å². The number of hydrogen-bond donors (Lipinski definition) is 1. The number of nitrogens with zero attached hydrogens (tertiary/aromatic N) is 4. The molecule has 0 fully saturated rings. The van der Waals surface area contributed by atoms with Crippen molar-refractivity contribution in [3.63, 3.8) is 0 Å². The molecule has 0 saturated carbocycles. The van der Waals surface area contributed by atoms with E-state index < -0.39 is 0 Å². The maximum Gasteiger partial charge on any atom is 0.253 e. The quantitative estimate of drug-likeness (QED) is 0.525. The lowest BCUT2D eigenvalue weighted by Gasteiger charge is -2.19. The van der Waals surface area contributed by atoms with E-state index in [9.17, 15) is 4.79 Å². The van der Waals surface area contributed by atoms with E-state index in [0.717, 1.165) is 33.0 Å². The SMILES string of the molecule is CCNc1nnc(SCC(=O)N2N=C(c3ccc(OC)cc3)CC2c2ccco2)s1. The molecule has 1 aliphatic rings. The van der Waals surface area contributed by atoms with Gasteiger partial charge in [0.2, 0.25) is 5.13 Å². The minimum absolute atomic E-state index is 0.106. The monoisotopic (exact) mass is 443 g/mol. The molecule has 10 heteroatoms. The van der Waals surface area contributed by atoms with Crippen LogP contribution >= 0.6 is 23.1 Å². The number of ether oxygens (including phenoxy) is 1. The van der Waals surface area contributed by atoms with E-state index in [2.05, 4.69) is 20.6 Å². The van der Waals surface area contributed by atoms with Crippen LogP contribution in [0.25, 0.3) is 0 Å². The van der Waals surface area contributed by atoms with E-state index in [1.54, 1.807) is 13.4 Å². The predicted molar refractivity (Wildman–Crippen MR) is 117 cm³/mol. The number of methoxy groups -OCH3 is 1. The van der Waals surface area contributed by atoms with Crippen LogP contribution in [0.2, 0.25) is 0 Å². The van der Waals surface area contributed by atoms with Crippen molar-refractivity contribution in [3.05, 3.63) is 54.0 Å². The summed E-state index contributed by atoms with van der Waals surface area (Å²) in [6.45, 7) is 2.78. The number of hydrazone groups is 1. The Labute approximate surface area is 182 Å². The van der Waals surface area contributed by atoms with E-state index in [4.69, 9.17) is 9.15 Å². The van der Waals surface area contributed by atoms with Crippen molar-refractivity contribution >= 4 is 39.8 Å². The fourth-order valence-corrected chi connectivity index (χ4v) is 4.75. The highest BCUT2D eigenvalue weighted by molar-refractivity contribution is 8.01. The van der Waals surface area contributed by atoms with Gasteiger partial charge in [0.05, 0.1) is 24.8 Å². The Morgan fingerprint density at radius 1 is 1.33 bits per heavy atom. The van der Waals surface area contributed by atoms with Crippen LogP contribution in [0.15, 0.2) is 56.5 Å². The molecule has 0 radical (unpaired) electrons. The van der Waals surface area contributed by atoms with Crippen molar-refractivity contribution in [2.75, 3.05) is 24.7 Å². The van der Waals surface area contributed by atoms with Crippen LogP contribution in [0.5, 0.6) is 5.75 Å². The second-order valence-corrected chi connectivity index (χ2v) is 8.64. The molecule has 30 heavy (non-hydrogen) atoms. The van der Waals surface area contributed by atoms with Crippen molar-refractivity contribution in [3.8, 4) is 5.75 Å². The highest BCUT2D eigenvalue weighted by Gasteiger charge is 2.34. The van der Waals surface area contributed by atoms with Gasteiger partial charge < -0.3 is 14.5 Å². The van der Waals surface area contributed by atoms with E-state index in [-0.39, 0.29) is 17.7 Å². The smallest absolute Gasteiger partial charge is 0.253 e. The summed E-state index contributed by atoms with van der Waals surface area (Å²) >= 11 is 2.79. The van der Waals surface area contributed by atoms with Crippen molar-refractivity contribution in [2.45, 2.75) is 23.7 Å². The number of benzene rings is 1. The summed E-state index contributed by atoms with van der Waals surface area (Å²) in [6.07, 6.45) is 2.20. The standard InChI is InChI=1S/C20H21N5O3S2/c1-3-21-19-22-23-20(30-19)29-12-18(26)25-16(17-5-4-10-28-17)11-15(24-25)13-6-8-14(27-2)9-7-13/h4-10,16H,3,11-12H2,1-2H3,(H,21,22). The fraction of sp³-hybridized carbons (Fsp3) is 0.300. The van der Waals surface area contributed by atoms with Crippen LogP contribution < -0.4 is 10.1 Å². The van der Waals surface area contributed by atoms with Gasteiger partial charge in [-0.3, -0.25) is 4.79 Å². The number of hydrogen-bond acceptors (Lipinski definition) is 9. The minimum atomic E-state index is -0.267. The number of nitrogens with one attached hydrogen (secondary N) is 1. The maximum absolute atomic E-state index is 13.0. The molecule has 8 nitrogen and oxygen atoms in total. The highest BCUT2D eigenvalue weighted by atomic mass is 32.2. The second-order valence-electron chi connectivity index (χ2n) is 6.44. The number of rotatable bonds is 8. The maximum atomic E-state index is 13.0. The summed E-state index contributed by atoms with van der Waals surface area (Å²) in [5.41, 5.74) is 1.79. The Bertz CT molecular complexity index is 1020. The van der Waals surface area contributed by atoms with Gasteiger partial charge in [-0.25, -0.2) is 5.01 Å². The third-order valence-electron chi connectivity index (χ3n) is 4.51. The molecule has 1 unspecified atom stereocenters. The van der Waals surface area contributed by atoms with Crippen LogP contribution in [0.1, 0.15) is 30.7 Å². The largest absolute Gasteiger partial charge is 0.497 e. The minimum Gasteiger partial charge on any atom is -0.497 e. The van der Waals surface area contributed by atoms with E-state index in [0.29, 0.717) is 12.2 Å². The van der Waals surface area contributed by atoms with E-state index in [1.165, 1.54) is 28.1 Å². The normalized spacial score (nSPS) is 15.9. The molecule has 0 bridgehead atoms. The zero-order chi connectivity index (χ0) is 20.9. The van der Waals surface area contributed by atoms with Gasteiger partial charge >= 0.3 is 0 Å². The molecule has 3 heterocycles.